The summed E-state index contributed by atoms with van der Waals surface area (Å²) in [6.45, 7) is 0. The molecule has 0 fully saturated rings. The van der Waals surface area contributed by atoms with E-state index in [1.54, 1.807) is 19.5 Å². The molecule has 1 aromatic heterocycles. The van der Waals surface area contributed by atoms with Crippen molar-refractivity contribution in [3.8, 4) is 5.75 Å². The van der Waals surface area contributed by atoms with Crippen LogP contribution >= 0.6 is 12.2 Å². The third-order valence-corrected chi connectivity index (χ3v) is 3.55. The van der Waals surface area contributed by atoms with Crippen molar-refractivity contribution in [3.63, 3.8) is 0 Å². The van der Waals surface area contributed by atoms with Gasteiger partial charge in [0.15, 0.2) is 5.11 Å². The highest BCUT2D eigenvalue weighted by atomic mass is 32.1. The highest BCUT2D eigenvalue weighted by molar-refractivity contribution is 7.80. The second-order valence-electron chi connectivity index (χ2n) is 5.01. The van der Waals surface area contributed by atoms with Crippen LogP contribution in [0.15, 0.2) is 65.9 Å². The summed E-state index contributed by atoms with van der Waals surface area (Å²) < 4.78 is 5.11. The summed E-state index contributed by atoms with van der Waals surface area (Å²) >= 11 is 5.21. The predicted molar refractivity (Wildman–Crippen MR) is 102 cm³/mol. The largest absolute Gasteiger partial charge is 0.497 e. The van der Waals surface area contributed by atoms with Crippen LogP contribution < -0.4 is 15.5 Å². The molecule has 2 N–H and O–H groups in total. The van der Waals surface area contributed by atoms with Crippen molar-refractivity contribution in [3.05, 3.63) is 66.4 Å². The van der Waals surface area contributed by atoms with E-state index >= 15 is 0 Å². The first-order valence-electron chi connectivity index (χ1n) is 7.33. The lowest BCUT2D eigenvalue weighted by Crippen LogP contribution is -2.23. The van der Waals surface area contributed by atoms with Crippen LogP contribution in [0.5, 0.6) is 5.75 Å². The second kappa shape index (κ2) is 7.52. The fourth-order valence-corrected chi connectivity index (χ4v) is 2.34. The third-order valence-electron chi connectivity index (χ3n) is 3.35. The lowest BCUT2D eigenvalue weighted by molar-refractivity contribution is 0.415. The molecule has 2 aromatic carbocycles. The zero-order chi connectivity index (χ0) is 16.8. The SMILES string of the molecule is COc1ccc(NC(=S)N/N=C/c2ccc3ncccc3c2)cc1. The molecule has 0 aliphatic carbocycles. The average Bonchev–Trinajstić information content (AvgIpc) is 2.62. The number of hydrogen-bond acceptors (Lipinski definition) is 4. The van der Waals surface area contributed by atoms with Crippen molar-refractivity contribution in [1.29, 1.82) is 0 Å². The van der Waals surface area contributed by atoms with Gasteiger partial charge in [0, 0.05) is 17.3 Å². The van der Waals surface area contributed by atoms with Crippen molar-refractivity contribution in [2.45, 2.75) is 0 Å². The molecule has 0 saturated heterocycles. The molecular weight excluding hydrogens is 320 g/mol. The standard InChI is InChI=1S/C18H16N4OS/c1-23-16-7-5-15(6-8-16)21-18(24)22-20-12-13-4-9-17-14(11-13)3-2-10-19-17/h2-12H,1H3,(H2,21,22,24)/b20-12+. The monoisotopic (exact) mass is 336 g/mol. The fourth-order valence-electron chi connectivity index (χ4n) is 2.17. The number of methoxy groups -OCH3 is 1. The summed E-state index contributed by atoms with van der Waals surface area (Å²) in [5, 5.41) is 8.69. The van der Waals surface area contributed by atoms with E-state index in [9.17, 15) is 0 Å². The van der Waals surface area contributed by atoms with Gasteiger partial charge in [0.1, 0.15) is 5.75 Å². The Morgan fingerprint density at radius 1 is 1.17 bits per heavy atom. The Labute approximate surface area is 145 Å². The van der Waals surface area contributed by atoms with Gasteiger partial charge in [-0.3, -0.25) is 10.4 Å². The minimum Gasteiger partial charge on any atom is -0.497 e. The Morgan fingerprint density at radius 2 is 2.00 bits per heavy atom. The Balaban J connectivity index is 1.58. The molecule has 0 saturated carbocycles. The van der Waals surface area contributed by atoms with E-state index < -0.39 is 0 Å². The zero-order valence-electron chi connectivity index (χ0n) is 13.1. The van der Waals surface area contributed by atoms with Crippen molar-refractivity contribution in [1.82, 2.24) is 10.4 Å². The van der Waals surface area contributed by atoms with Gasteiger partial charge in [-0.05, 0) is 60.2 Å². The summed E-state index contributed by atoms with van der Waals surface area (Å²) in [5.74, 6) is 0.795. The maximum atomic E-state index is 5.21. The smallest absolute Gasteiger partial charge is 0.191 e. The van der Waals surface area contributed by atoms with Crippen LogP contribution in [0.3, 0.4) is 0 Å². The number of nitrogens with one attached hydrogen (secondary N) is 2. The van der Waals surface area contributed by atoms with E-state index in [4.69, 9.17) is 17.0 Å². The number of aromatic nitrogens is 1. The number of thiocarbonyl (C=S) groups is 1. The van der Waals surface area contributed by atoms with Crippen LogP contribution in [0.25, 0.3) is 10.9 Å². The molecule has 0 amide bonds. The van der Waals surface area contributed by atoms with Gasteiger partial charge in [-0.25, -0.2) is 0 Å². The molecule has 3 rings (SSSR count). The first-order valence-corrected chi connectivity index (χ1v) is 7.74. The molecule has 6 heteroatoms. The zero-order valence-corrected chi connectivity index (χ0v) is 13.9. The number of ether oxygens (including phenoxy) is 1. The Morgan fingerprint density at radius 3 is 2.79 bits per heavy atom. The summed E-state index contributed by atoms with van der Waals surface area (Å²) in [5.41, 5.74) is 5.59. The van der Waals surface area contributed by atoms with Crippen molar-refractivity contribution < 1.29 is 4.74 Å². The van der Waals surface area contributed by atoms with E-state index in [1.807, 2.05) is 54.6 Å². The number of nitrogens with zero attached hydrogens (tertiary/aromatic N) is 2. The Kier molecular flexibility index (Phi) is 4.98. The van der Waals surface area contributed by atoms with Gasteiger partial charge < -0.3 is 10.1 Å². The lowest BCUT2D eigenvalue weighted by atomic mass is 10.1. The van der Waals surface area contributed by atoms with E-state index in [-0.39, 0.29) is 0 Å². The van der Waals surface area contributed by atoms with Crippen molar-refractivity contribution in [2.24, 2.45) is 5.10 Å². The number of hydrazone groups is 1. The molecule has 0 atom stereocenters. The molecule has 0 aliphatic rings. The maximum Gasteiger partial charge on any atom is 0.191 e. The summed E-state index contributed by atoms with van der Waals surface area (Å²) in [4.78, 5) is 4.29. The van der Waals surface area contributed by atoms with Gasteiger partial charge in [-0.15, -0.1) is 0 Å². The Hall–Kier alpha value is -2.99. The highest BCUT2D eigenvalue weighted by Crippen LogP contribution is 2.15. The molecule has 1 heterocycles. The molecular formula is C18H16N4OS. The first kappa shape index (κ1) is 15.9. The number of benzene rings is 2. The number of fused-ring (bicyclic) bond motifs is 1. The number of hydrogen-bond donors (Lipinski definition) is 2. The molecule has 24 heavy (non-hydrogen) atoms. The lowest BCUT2D eigenvalue weighted by Gasteiger charge is -2.07. The highest BCUT2D eigenvalue weighted by Gasteiger charge is 1.98. The van der Waals surface area contributed by atoms with Crippen LogP contribution in [0.1, 0.15) is 5.56 Å². The van der Waals surface area contributed by atoms with E-state index in [1.165, 1.54) is 0 Å². The van der Waals surface area contributed by atoms with E-state index in [0.29, 0.717) is 5.11 Å². The molecule has 0 unspecified atom stereocenters. The average molecular weight is 336 g/mol. The summed E-state index contributed by atoms with van der Waals surface area (Å²) in [6.07, 6.45) is 3.50. The molecule has 0 aliphatic heterocycles. The molecule has 0 bridgehead atoms. The number of rotatable bonds is 4. The molecule has 120 valence electrons. The van der Waals surface area contributed by atoms with Gasteiger partial charge in [0.2, 0.25) is 0 Å². The third kappa shape index (κ3) is 4.05. The van der Waals surface area contributed by atoms with Crippen LogP contribution in [0.2, 0.25) is 0 Å². The topological polar surface area (TPSA) is 58.5 Å². The van der Waals surface area contributed by atoms with Gasteiger partial charge in [-0.1, -0.05) is 12.1 Å². The minimum absolute atomic E-state index is 0.416. The molecule has 5 nitrogen and oxygen atoms in total. The van der Waals surface area contributed by atoms with Crippen LogP contribution in [-0.2, 0) is 0 Å². The normalized spacial score (nSPS) is 10.7. The van der Waals surface area contributed by atoms with Crippen LogP contribution in [-0.4, -0.2) is 23.4 Å². The van der Waals surface area contributed by atoms with Gasteiger partial charge in [0.05, 0.1) is 18.8 Å². The summed E-state index contributed by atoms with van der Waals surface area (Å²) in [7, 11) is 1.63. The number of pyridine rings is 1. The summed E-state index contributed by atoms with van der Waals surface area (Å²) in [6, 6.07) is 17.4. The first-order chi connectivity index (χ1) is 11.7. The van der Waals surface area contributed by atoms with Crippen molar-refractivity contribution >= 4 is 40.1 Å². The molecule has 3 aromatic rings. The van der Waals surface area contributed by atoms with Crippen molar-refractivity contribution in [2.75, 3.05) is 12.4 Å². The van der Waals surface area contributed by atoms with Gasteiger partial charge in [-0.2, -0.15) is 5.10 Å². The molecule has 0 spiro atoms. The van der Waals surface area contributed by atoms with Gasteiger partial charge in [0.25, 0.3) is 0 Å². The predicted octanol–water partition coefficient (Wildman–Crippen LogP) is 3.56. The van der Waals surface area contributed by atoms with Gasteiger partial charge >= 0.3 is 0 Å². The second-order valence-corrected chi connectivity index (χ2v) is 5.42. The number of anilines is 1. The van der Waals surface area contributed by atoms with Crippen LogP contribution in [0, 0.1) is 0 Å². The Bertz CT molecular complexity index is 878. The van der Waals surface area contributed by atoms with E-state index in [2.05, 4.69) is 20.8 Å². The minimum atomic E-state index is 0.416. The molecule has 0 radical (unpaired) electrons. The van der Waals surface area contributed by atoms with Crippen LogP contribution in [0.4, 0.5) is 5.69 Å². The quantitative estimate of drug-likeness (QED) is 0.433. The van der Waals surface area contributed by atoms with E-state index in [0.717, 1.165) is 27.9 Å². The maximum absolute atomic E-state index is 5.21. The fraction of sp³-hybridized carbons (Fsp3) is 0.0556.